The largest absolute Gasteiger partial charge is 0.433 e. The summed E-state index contributed by atoms with van der Waals surface area (Å²) in [4.78, 5) is 19.8. The number of likely N-dealkylation sites (N-methyl/N-ethyl adjacent to an activating group) is 1. The van der Waals surface area contributed by atoms with Crippen LogP contribution < -0.4 is 20.3 Å². The Bertz CT molecular complexity index is 724. The second kappa shape index (κ2) is 15.0. The zero-order valence-corrected chi connectivity index (χ0v) is 21.2. The smallest absolute Gasteiger partial charge is 0.387 e. The van der Waals surface area contributed by atoms with Gasteiger partial charge >= 0.3 is 6.61 Å². The van der Waals surface area contributed by atoms with Gasteiger partial charge in [0.25, 0.3) is 0 Å². The van der Waals surface area contributed by atoms with Gasteiger partial charge in [0.05, 0.1) is 5.69 Å². The number of anilines is 1. The predicted octanol–water partition coefficient (Wildman–Crippen LogP) is 2.53. The van der Waals surface area contributed by atoms with E-state index in [0.717, 1.165) is 12.8 Å². The van der Waals surface area contributed by atoms with Gasteiger partial charge in [-0.05, 0) is 31.9 Å². The summed E-state index contributed by atoms with van der Waals surface area (Å²) in [5.41, 5.74) is 0.637. The Balaban J connectivity index is 0.00000512. The molecule has 1 unspecified atom stereocenters. The average Bonchev–Trinajstić information content (AvgIpc) is 3.19. The van der Waals surface area contributed by atoms with Crippen molar-refractivity contribution in [3.63, 3.8) is 0 Å². The molecule has 0 radical (unpaired) electrons. The quantitative estimate of drug-likeness (QED) is 0.185. The molecular formula is C21H34F2IN5O3. The molecule has 182 valence electrons. The van der Waals surface area contributed by atoms with Gasteiger partial charge in [0, 0.05) is 53.0 Å². The van der Waals surface area contributed by atoms with E-state index in [0.29, 0.717) is 44.5 Å². The molecule has 1 aromatic rings. The number of nitrogens with one attached hydrogen (secondary N) is 2. The molecule has 1 fully saturated rings. The zero-order chi connectivity index (χ0) is 22.6. The van der Waals surface area contributed by atoms with Crippen LogP contribution in [0.5, 0.6) is 5.75 Å². The van der Waals surface area contributed by atoms with E-state index in [1.165, 1.54) is 4.90 Å². The first-order valence-electron chi connectivity index (χ1n) is 10.5. The number of benzene rings is 1. The second-order valence-electron chi connectivity index (χ2n) is 7.35. The van der Waals surface area contributed by atoms with Gasteiger partial charge in [0.2, 0.25) is 5.91 Å². The van der Waals surface area contributed by atoms with Gasteiger partial charge in [-0.2, -0.15) is 8.78 Å². The predicted molar refractivity (Wildman–Crippen MR) is 132 cm³/mol. The lowest BCUT2D eigenvalue weighted by Gasteiger charge is -2.22. The van der Waals surface area contributed by atoms with Crippen LogP contribution >= 0.6 is 24.0 Å². The molecule has 0 aliphatic carbocycles. The van der Waals surface area contributed by atoms with Crippen LogP contribution in [0.4, 0.5) is 14.5 Å². The molecule has 1 heterocycles. The fourth-order valence-corrected chi connectivity index (χ4v) is 3.17. The highest BCUT2D eigenvalue weighted by Gasteiger charge is 2.26. The lowest BCUT2D eigenvalue weighted by Crippen LogP contribution is -2.45. The first kappa shape index (κ1) is 28.1. The van der Waals surface area contributed by atoms with Crippen molar-refractivity contribution < 1.29 is 23.0 Å². The van der Waals surface area contributed by atoms with Crippen molar-refractivity contribution in [2.75, 3.05) is 58.4 Å². The molecular weight excluding hydrogens is 535 g/mol. The first-order valence-corrected chi connectivity index (χ1v) is 10.5. The Hall–Kier alpha value is -1.89. The summed E-state index contributed by atoms with van der Waals surface area (Å²) in [6, 6.07) is 6.84. The molecule has 2 N–H and O–H groups in total. The Morgan fingerprint density at radius 1 is 1.34 bits per heavy atom. The fourth-order valence-electron chi connectivity index (χ4n) is 3.17. The standard InChI is InChI=1S/C21H33F2N5O3.HI/c1-4-30-13-7-11-24-21(25-14-19(29)27(2)3)26-16-10-12-28(15-16)17-8-5-6-9-18(17)31-20(22)23;/h5-6,8-9,16,20H,4,7,10-15H2,1-3H3,(H2,24,25,26);1H. The van der Waals surface area contributed by atoms with E-state index in [9.17, 15) is 13.6 Å². The number of amides is 1. The van der Waals surface area contributed by atoms with E-state index in [1.54, 1.807) is 38.4 Å². The highest BCUT2D eigenvalue weighted by molar-refractivity contribution is 14.0. The van der Waals surface area contributed by atoms with E-state index in [-0.39, 0.29) is 48.2 Å². The van der Waals surface area contributed by atoms with Crippen LogP contribution in [-0.2, 0) is 9.53 Å². The van der Waals surface area contributed by atoms with E-state index in [4.69, 9.17) is 4.74 Å². The summed E-state index contributed by atoms with van der Waals surface area (Å²) < 4.78 is 35.5. The van der Waals surface area contributed by atoms with Crippen LogP contribution in [0.1, 0.15) is 19.8 Å². The SMILES string of the molecule is CCOCCCNC(=NCC(=O)N(C)C)NC1CCN(c2ccccc2OC(F)F)C1.I. The molecule has 1 atom stereocenters. The molecule has 1 saturated heterocycles. The Morgan fingerprint density at radius 3 is 2.78 bits per heavy atom. The van der Waals surface area contributed by atoms with E-state index >= 15 is 0 Å². The third-order valence-corrected chi connectivity index (χ3v) is 4.78. The third kappa shape index (κ3) is 9.72. The molecule has 1 aliphatic heterocycles. The number of aliphatic imine (C=N–C) groups is 1. The van der Waals surface area contributed by atoms with Crippen molar-refractivity contribution in [1.29, 1.82) is 0 Å². The van der Waals surface area contributed by atoms with Crippen molar-refractivity contribution in [1.82, 2.24) is 15.5 Å². The molecule has 0 saturated carbocycles. The summed E-state index contributed by atoms with van der Waals surface area (Å²) in [5.74, 6) is 0.620. The molecule has 1 aliphatic rings. The average molecular weight is 569 g/mol. The molecule has 2 rings (SSSR count). The van der Waals surface area contributed by atoms with Crippen molar-refractivity contribution in [2.24, 2.45) is 4.99 Å². The maximum absolute atomic E-state index is 12.7. The minimum atomic E-state index is -2.87. The number of ether oxygens (including phenoxy) is 2. The summed E-state index contributed by atoms with van der Waals surface area (Å²) in [6.45, 7) is 2.38. The van der Waals surface area contributed by atoms with Gasteiger partial charge < -0.3 is 29.9 Å². The van der Waals surface area contributed by atoms with Gasteiger partial charge in [-0.3, -0.25) is 4.79 Å². The fraction of sp³-hybridized carbons (Fsp3) is 0.619. The van der Waals surface area contributed by atoms with Crippen LogP contribution in [-0.4, -0.2) is 82.9 Å². The summed E-state index contributed by atoms with van der Waals surface area (Å²) in [7, 11) is 3.38. The molecule has 1 amide bonds. The number of guanidine groups is 1. The van der Waals surface area contributed by atoms with Crippen LogP contribution in [0.2, 0.25) is 0 Å². The van der Waals surface area contributed by atoms with Crippen LogP contribution in [0, 0.1) is 0 Å². The first-order chi connectivity index (χ1) is 14.9. The summed E-state index contributed by atoms with van der Waals surface area (Å²) in [6.07, 6.45) is 1.61. The topological polar surface area (TPSA) is 78.4 Å². The number of rotatable bonds is 11. The minimum absolute atomic E-state index is 0. The Morgan fingerprint density at radius 2 is 2.09 bits per heavy atom. The number of hydrogen-bond acceptors (Lipinski definition) is 5. The number of hydrogen-bond donors (Lipinski definition) is 2. The highest BCUT2D eigenvalue weighted by atomic mass is 127. The molecule has 0 bridgehead atoms. The zero-order valence-electron chi connectivity index (χ0n) is 18.9. The molecule has 8 nitrogen and oxygen atoms in total. The molecule has 0 spiro atoms. The number of alkyl halides is 2. The normalized spacial score (nSPS) is 16.0. The molecule has 11 heteroatoms. The summed E-state index contributed by atoms with van der Waals surface area (Å²) >= 11 is 0. The lowest BCUT2D eigenvalue weighted by atomic mass is 10.2. The minimum Gasteiger partial charge on any atom is -0.433 e. The number of para-hydroxylation sites is 2. The maximum Gasteiger partial charge on any atom is 0.387 e. The molecule has 0 aromatic heterocycles. The maximum atomic E-state index is 12.7. The Labute approximate surface area is 205 Å². The number of carbonyl (C=O) groups excluding carboxylic acids is 1. The van der Waals surface area contributed by atoms with E-state index < -0.39 is 6.61 Å². The molecule has 1 aromatic carbocycles. The van der Waals surface area contributed by atoms with Crippen LogP contribution in [0.15, 0.2) is 29.3 Å². The number of halogens is 3. The van der Waals surface area contributed by atoms with Gasteiger partial charge in [0.15, 0.2) is 5.96 Å². The van der Waals surface area contributed by atoms with Gasteiger partial charge in [0.1, 0.15) is 12.3 Å². The highest BCUT2D eigenvalue weighted by Crippen LogP contribution is 2.31. The third-order valence-electron chi connectivity index (χ3n) is 4.78. The molecule has 32 heavy (non-hydrogen) atoms. The van der Waals surface area contributed by atoms with E-state index in [1.807, 2.05) is 11.8 Å². The van der Waals surface area contributed by atoms with Crippen molar-refractivity contribution in [3.05, 3.63) is 24.3 Å². The van der Waals surface area contributed by atoms with Crippen LogP contribution in [0.3, 0.4) is 0 Å². The van der Waals surface area contributed by atoms with Crippen molar-refractivity contribution in [3.8, 4) is 5.75 Å². The number of nitrogens with zero attached hydrogens (tertiary/aromatic N) is 3. The second-order valence-corrected chi connectivity index (χ2v) is 7.35. The monoisotopic (exact) mass is 569 g/mol. The van der Waals surface area contributed by atoms with Gasteiger partial charge in [-0.25, -0.2) is 4.99 Å². The van der Waals surface area contributed by atoms with Crippen molar-refractivity contribution in [2.45, 2.75) is 32.4 Å². The lowest BCUT2D eigenvalue weighted by molar-refractivity contribution is -0.127. The van der Waals surface area contributed by atoms with Gasteiger partial charge in [-0.15, -0.1) is 24.0 Å². The van der Waals surface area contributed by atoms with Crippen molar-refractivity contribution >= 4 is 41.5 Å². The Kier molecular flexibility index (Phi) is 13.2. The van der Waals surface area contributed by atoms with E-state index in [2.05, 4.69) is 20.4 Å². The summed E-state index contributed by atoms with van der Waals surface area (Å²) in [5, 5.41) is 6.60. The van der Waals surface area contributed by atoms with Crippen LogP contribution in [0.25, 0.3) is 0 Å². The van der Waals surface area contributed by atoms with Gasteiger partial charge in [-0.1, -0.05) is 12.1 Å². The number of carbonyl (C=O) groups is 1.